The molecule has 0 aliphatic carbocycles. The fraction of sp³-hybridized carbons (Fsp3) is 0. The fourth-order valence-electron chi connectivity index (χ4n) is 2.44. The van der Waals surface area contributed by atoms with Crippen LogP contribution in [0.2, 0.25) is 0 Å². The number of carbonyl (C=O) groups is 1. The quantitative estimate of drug-likeness (QED) is 0.595. The molecular formula is C18H12N4O2S. The predicted molar refractivity (Wildman–Crippen MR) is 97.9 cm³/mol. The molecule has 0 aliphatic heterocycles. The highest BCUT2D eigenvalue weighted by atomic mass is 32.1. The van der Waals surface area contributed by atoms with Gasteiger partial charge in [-0.05, 0) is 22.9 Å². The van der Waals surface area contributed by atoms with Crippen LogP contribution in [0.4, 0.5) is 5.13 Å². The second-order valence-electron chi connectivity index (χ2n) is 5.36. The molecule has 1 amide bonds. The number of rotatable bonds is 3. The summed E-state index contributed by atoms with van der Waals surface area (Å²) >= 11 is 1.33. The first-order valence-corrected chi connectivity index (χ1v) is 8.39. The molecule has 4 aromatic rings. The maximum Gasteiger partial charge on any atom is 0.277 e. The van der Waals surface area contributed by atoms with E-state index in [9.17, 15) is 9.59 Å². The van der Waals surface area contributed by atoms with Crippen molar-refractivity contribution in [2.45, 2.75) is 0 Å². The number of H-pyrrole nitrogens is 1. The van der Waals surface area contributed by atoms with E-state index >= 15 is 0 Å². The molecule has 0 atom stereocenters. The Labute approximate surface area is 146 Å². The molecule has 4 rings (SSSR count). The van der Waals surface area contributed by atoms with Crippen molar-refractivity contribution in [3.63, 3.8) is 0 Å². The number of hydrogen-bond donors (Lipinski definition) is 2. The minimum Gasteiger partial charge on any atom is -0.296 e. The van der Waals surface area contributed by atoms with Crippen molar-refractivity contribution in [3.8, 4) is 11.3 Å². The smallest absolute Gasteiger partial charge is 0.277 e. The fourth-order valence-corrected chi connectivity index (χ4v) is 3.16. The second kappa shape index (κ2) is 6.29. The summed E-state index contributed by atoms with van der Waals surface area (Å²) in [4.78, 5) is 27.6. The third kappa shape index (κ3) is 3.17. The lowest BCUT2D eigenvalue weighted by atomic mass is 10.1. The van der Waals surface area contributed by atoms with Crippen molar-refractivity contribution in [1.29, 1.82) is 0 Å². The highest BCUT2D eigenvalue weighted by Crippen LogP contribution is 2.27. The highest BCUT2D eigenvalue weighted by Gasteiger charge is 2.11. The van der Waals surface area contributed by atoms with Gasteiger partial charge in [-0.25, -0.2) is 10.1 Å². The number of benzene rings is 2. The van der Waals surface area contributed by atoms with E-state index in [0.29, 0.717) is 5.13 Å². The Morgan fingerprint density at radius 1 is 1.04 bits per heavy atom. The Balaban J connectivity index is 1.57. The van der Waals surface area contributed by atoms with Crippen molar-refractivity contribution in [2.24, 2.45) is 0 Å². The van der Waals surface area contributed by atoms with Gasteiger partial charge in [0.05, 0.1) is 5.69 Å². The largest absolute Gasteiger partial charge is 0.296 e. The number of nitrogens with zero attached hydrogens (tertiary/aromatic N) is 2. The van der Waals surface area contributed by atoms with Crippen molar-refractivity contribution in [1.82, 2.24) is 15.2 Å². The maximum atomic E-state index is 12.1. The number of aromatic amines is 1. The SMILES string of the molecule is O=C(Nc1nc(-c2ccc3ccccc3c2)cs1)c1ccc(=O)[nH]n1. The minimum atomic E-state index is -0.421. The summed E-state index contributed by atoms with van der Waals surface area (Å²) in [6.07, 6.45) is 0. The Hall–Kier alpha value is -3.32. The first-order chi connectivity index (χ1) is 12.2. The van der Waals surface area contributed by atoms with Crippen LogP contribution >= 0.6 is 11.3 Å². The average Bonchev–Trinajstić information content (AvgIpc) is 3.10. The predicted octanol–water partition coefficient (Wildman–Crippen LogP) is 3.30. The van der Waals surface area contributed by atoms with Crippen LogP contribution in [0.25, 0.3) is 22.0 Å². The highest BCUT2D eigenvalue weighted by molar-refractivity contribution is 7.14. The summed E-state index contributed by atoms with van der Waals surface area (Å²) < 4.78 is 0. The average molecular weight is 348 g/mol. The molecule has 0 radical (unpaired) electrons. The van der Waals surface area contributed by atoms with E-state index in [2.05, 4.69) is 38.7 Å². The Kier molecular flexibility index (Phi) is 3.83. The van der Waals surface area contributed by atoms with Gasteiger partial charge in [0.25, 0.3) is 11.5 Å². The van der Waals surface area contributed by atoms with E-state index in [0.717, 1.165) is 16.6 Å². The molecule has 0 saturated heterocycles. The lowest BCUT2D eigenvalue weighted by Gasteiger charge is -2.01. The lowest BCUT2D eigenvalue weighted by molar-refractivity contribution is 0.102. The summed E-state index contributed by atoms with van der Waals surface area (Å²) in [5.74, 6) is -0.421. The number of aromatic nitrogens is 3. The van der Waals surface area contributed by atoms with E-state index in [1.165, 1.54) is 28.9 Å². The number of thiazole rings is 1. The van der Waals surface area contributed by atoms with Crippen LogP contribution < -0.4 is 10.9 Å². The summed E-state index contributed by atoms with van der Waals surface area (Å²) in [6.45, 7) is 0. The molecule has 7 heteroatoms. The van der Waals surface area contributed by atoms with E-state index in [1.807, 2.05) is 29.6 Å². The summed E-state index contributed by atoms with van der Waals surface area (Å²) in [5.41, 5.74) is 1.55. The summed E-state index contributed by atoms with van der Waals surface area (Å²) in [7, 11) is 0. The molecule has 2 heterocycles. The monoisotopic (exact) mass is 348 g/mol. The minimum absolute atomic E-state index is 0.127. The molecule has 0 unspecified atom stereocenters. The molecule has 0 aliphatic rings. The maximum absolute atomic E-state index is 12.1. The van der Waals surface area contributed by atoms with Gasteiger partial charge in [0.15, 0.2) is 5.13 Å². The normalized spacial score (nSPS) is 10.7. The van der Waals surface area contributed by atoms with Gasteiger partial charge in [0, 0.05) is 17.0 Å². The number of anilines is 1. The Bertz CT molecular complexity index is 1110. The Morgan fingerprint density at radius 2 is 1.88 bits per heavy atom. The van der Waals surface area contributed by atoms with Crippen molar-refractivity contribution in [2.75, 3.05) is 5.32 Å². The van der Waals surface area contributed by atoms with Gasteiger partial charge in [0.1, 0.15) is 5.69 Å². The van der Waals surface area contributed by atoms with E-state index in [1.54, 1.807) is 0 Å². The third-order valence-corrected chi connectivity index (χ3v) is 4.44. The molecule has 0 saturated carbocycles. The molecule has 0 spiro atoms. The van der Waals surface area contributed by atoms with E-state index in [4.69, 9.17) is 0 Å². The van der Waals surface area contributed by atoms with Gasteiger partial charge in [-0.15, -0.1) is 11.3 Å². The van der Waals surface area contributed by atoms with Gasteiger partial charge in [-0.3, -0.25) is 14.9 Å². The van der Waals surface area contributed by atoms with E-state index < -0.39 is 5.91 Å². The zero-order chi connectivity index (χ0) is 17.2. The summed E-state index contributed by atoms with van der Waals surface area (Å²) in [6, 6.07) is 16.9. The zero-order valence-electron chi connectivity index (χ0n) is 12.9. The summed E-state index contributed by atoms with van der Waals surface area (Å²) in [5, 5.41) is 13.3. The molecule has 2 aromatic heterocycles. The van der Waals surface area contributed by atoms with Crippen molar-refractivity contribution in [3.05, 3.63) is 76.0 Å². The van der Waals surface area contributed by atoms with Crippen LogP contribution in [0, 0.1) is 0 Å². The van der Waals surface area contributed by atoms with Crippen molar-refractivity contribution < 1.29 is 4.79 Å². The molecule has 2 N–H and O–H groups in total. The molecule has 0 bridgehead atoms. The molecular weight excluding hydrogens is 336 g/mol. The van der Waals surface area contributed by atoms with Crippen molar-refractivity contribution >= 4 is 33.1 Å². The standard InChI is InChI=1S/C18H12N4O2S/c23-16-8-7-14(21-22-16)17(24)20-18-19-15(10-25-18)13-6-5-11-3-1-2-4-12(11)9-13/h1-10H,(H,22,23)(H,19,20,24). The number of amides is 1. The van der Waals surface area contributed by atoms with E-state index in [-0.39, 0.29) is 11.3 Å². The van der Waals surface area contributed by atoms with Crippen LogP contribution in [-0.4, -0.2) is 21.1 Å². The lowest BCUT2D eigenvalue weighted by Crippen LogP contribution is -2.17. The van der Waals surface area contributed by atoms with Crippen LogP contribution in [0.1, 0.15) is 10.5 Å². The van der Waals surface area contributed by atoms with Gasteiger partial charge in [-0.1, -0.05) is 36.4 Å². The zero-order valence-corrected chi connectivity index (χ0v) is 13.7. The van der Waals surface area contributed by atoms with Gasteiger partial charge in [0.2, 0.25) is 0 Å². The molecule has 2 aromatic carbocycles. The first-order valence-electron chi connectivity index (χ1n) is 7.51. The van der Waals surface area contributed by atoms with Crippen LogP contribution in [0.15, 0.2) is 64.8 Å². The molecule has 25 heavy (non-hydrogen) atoms. The molecule has 0 fully saturated rings. The number of nitrogens with one attached hydrogen (secondary N) is 2. The number of fused-ring (bicyclic) bond motifs is 1. The Morgan fingerprint density at radius 3 is 2.68 bits per heavy atom. The topological polar surface area (TPSA) is 87.7 Å². The first kappa shape index (κ1) is 15.2. The number of carbonyl (C=O) groups excluding carboxylic acids is 1. The van der Waals surface area contributed by atoms with Crippen LogP contribution in [-0.2, 0) is 0 Å². The molecule has 6 nitrogen and oxygen atoms in total. The number of hydrogen-bond acceptors (Lipinski definition) is 5. The van der Waals surface area contributed by atoms with Gasteiger partial charge in [-0.2, -0.15) is 5.10 Å². The third-order valence-electron chi connectivity index (χ3n) is 3.68. The van der Waals surface area contributed by atoms with Gasteiger partial charge >= 0.3 is 0 Å². The second-order valence-corrected chi connectivity index (χ2v) is 6.22. The molecule has 122 valence electrons. The van der Waals surface area contributed by atoms with Crippen LogP contribution in [0.3, 0.4) is 0 Å². The van der Waals surface area contributed by atoms with Crippen LogP contribution in [0.5, 0.6) is 0 Å². The van der Waals surface area contributed by atoms with Gasteiger partial charge < -0.3 is 0 Å².